The van der Waals surface area contributed by atoms with Crippen molar-refractivity contribution in [1.82, 2.24) is 0 Å². The van der Waals surface area contributed by atoms with Gasteiger partial charge in [-0.05, 0) is 57.8 Å². The molecule has 0 saturated heterocycles. The fourth-order valence-corrected chi connectivity index (χ4v) is 9.56. The molecule has 0 bridgehead atoms. The van der Waals surface area contributed by atoms with Gasteiger partial charge in [0.05, 0.1) is 0 Å². The van der Waals surface area contributed by atoms with Gasteiger partial charge in [-0.2, -0.15) is 0 Å². The highest BCUT2D eigenvalue weighted by atomic mass is 16.6. The van der Waals surface area contributed by atoms with Crippen LogP contribution >= 0.6 is 0 Å². The van der Waals surface area contributed by atoms with Crippen LogP contribution < -0.4 is 0 Å². The Hall–Kier alpha value is -2.63. The molecule has 0 aromatic rings. The van der Waals surface area contributed by atoms with Crippen molar-refractivity contribution >= 4 is 17.9 Å². The van der Waals surface area contributed by atoms with E-state index in [4.69, 9.17) is 14.2 Å². The van der Waals surface area contributed by atoms with E-state index in [0.717, 1.165) is 103 Å². The highest BCUT2D eigenvalue weighted by Crippen LogP contribution is 2.18. The Balaban J connectivity index is 3.90. The topological polar surface area (TPSA) is 78.9 Å². The predicted octanol–water partition coefficient (Wildman–Crippen LogP) is 21.8. The van der Waals surface area contributed by atoms with Crippen LogP contribution in [0.4, 0.5) is 0 Å². The minimum atomic E-state index is -0.781. The lowest BCUT2D eigenvalue weighted by atomic mass is 10.0. The molecule has 0 radical (unpaired) electrons. The predicted molar refractivity (Wildman–Crippen MR) is 316 cm³/mol. The highest BCUT2D eigenvalue weighted by Gasteiger charge is 2.19. The number of esters is 3. The van der Waals surface area contributed by atoms with Crippen LogP contribution in [-0.2, 0) is 28.6 Å². The van der Waals surface area contributed by atoms with Crippen molar-refractivity contribution in [3.8, 4) is 0 Å². The van der Waals surface area contributed by atoms with Crippen molar-refractivity contribution < 1.29 is 28.6 Å². The summed E-state index contributed by atoms with van der Waals surface area (Å²) in [5.41, 5.74) is 0. The molecule has 73 heavy (non-hydrogen) atoms. The van der Waals surface area contributed by atoms with Gasteiger partial charge in [0.15, 0.2) is 6.10 Å². The monoisotopic (exact) mass is 1020 g/mol. The van der Waals surface area contributed by atoms with Crippen LogP contribution in [0.2, 0.25) is 0 Å². The summed E-state index contributed by atoms with van der Waals surface area (Å²) in [6.45, 7) is 6.46. The fraction of sp³-hybridized carbons (Fsp3) is 0.836. The van der Waals surface area contributed by atoms with E-state index in [0.29, 0.717) is 19.3 Å². The van der Waals surface area contributed by atoms with Crippen molar-refractivity contribution in [2.24, 2.45) is 0 Å². The number of rotatable bonds is 59. The third-order valence-corrected chi connectivity index (χ3v) is 14.3. The third kappa shape index (κ3) is 60.1. The van der Waals surface area contributed by atoms with Crippen molar-refractivity contribution in [2.45, 2.75) is 348 Å². The largest absolute Gasteiger partial charge is 0.462 e. The Kier molecular flexibility index (Phi) is 59.7. The first kappa shape index (κ1) is 70.4. The van der Waals surface area contributed by atoms with Crippen LogP contribution in [0.15, 0.2) is 48.6 Å². The van der Waals surface area contributed by atoms with E-state index >= 15 is 0 Å². The summed E-state index contributed by atoms with van der Waals surface area (Å²) in [5.74, 6) is -0.905. The first-order chi connectivity index (χ1) is 36.0. The molecule has 1 unspecified atom stereocenters. The summed E-state index contributed by atoms with van der Waals surface area (Å²) in [4.78, 5) is 37.8. The van der Waals surface area contributed by atoms with Crippen molar-refractivity contribution in [3.05, 3.63) is 48.6 Å². The number of allylic oxidation sites excluding steroid dienone is 8. The zero-order valence-electron chi connectivity index (χ0n) is 48.9. The molecule has 0 fully saturated rings. The van der Waals surface area contributed by atoms with Gasteiger partial charge in [0.2, 0.25) is 0 Å². The molecule has 0 aliphatic heterocycles. The Morgan fingerprint density at radius 2 is 0.534 bits per heavy atom. The summed E-state index contributed by atoms with van der Waals surface area (Å²) < 4.78 is 16.7. The number of carbonyl (C=O) groups excluding carboxylic acids is 3. The quantitative estimate of drug-likeness (QED) is 0.0261. The number of hydrogen-bond donors (Lipinski definition) is 0. The van der Waals surface area contributed by atoms with Gasteiger partial charge >= 0.3 is 17.9 Å². The van der Waals surface area contributed by atoms with Gasteiger partial charge in [0, 0.05) is 19.3 Å². The molecule has 0 spiro atoms. The van der Waals surface area contributed by atoms with E-state index < -0.39 is 6.10 Å². The van der Waals surface area contributed by atoms with Crippen molar-refractivity contribution in [3.63, 3.8) is 0 Å². The molecule has 0 aromatic carbocycles. The second-order valence-electron chi connectivity index (χ2n) is 21.7. The minimum absolute atomic E-state index is 0.0805. The normalized spacial score (nSPS) is 12.3. The molecule has 0 aliphatic carbocycles. The lowest BCUT2D eigenvalue weighted by Gasteiger charge is -2.18. The average molecular weight is 1020 g/mol. The van der Waals surface area contributed by atoms with Crippen molar-refractivity contribution in [1.29, 1.82) is 0 Å². The van der Waals surface area contributed by atoms with E-state index in [9.17, 15) is 14.4 Å². The van der Waals surface area contributed by atoms with Gasteiger partial charge in [-0.25, -0.2) is 0 Å². The third-order valence-electron chi connectivity index (χ3n) is 14.3. The number of ether oxygens (including phenoxy) is 3. The molecular weight excluding hydrogens is 901 g/mol. The zero-order chi connectivity index (χ0) is 52.9. The molecule has 6 heteroatoms. The average Bonchev–Trinajstić information content (AvgIpc) is 3.39. The first-order valence-electron chi connectivity index (χ1n) is 32.1. The van der Waals surface area contributed by atoms with Gasteiger partial charge < -0.3 is 14.2 Å². The molecule has 0 saturated carbocycles. The van der Waals surface area contributed by atoms with Gasteiger partial charge in [-0.15, -0.1) is 0 Å². The minimum Gasteiger partial charge on any atom is -0.462 e. The summed E-state index contributed by atoms with van der Waals surface area (Å²) in [5, 5.41) is 0. The summed E-state index contributed by atoms with van der Waals surface area (Å²) in [7, 11) is 0. The zero-order valence-corrected chi connectivity index (χ0v) is 48.9. The Bertz CT molecular complexity index is 1270. The molecule has 426 valence electrons. The summed E-state index contributed by atoms with van der Waals surface area (Å²) in [6, 6.07) is 0. The van der Waals surface area contributed by atoms with E-state index in [1.165, 1.54) is 199 Å². The highest BCUT2D eigenvalue weighted by molar-refractivity contribution is 5.71. The molecule has 1 atom stereocenters. The van der Waals surface area contributed by atoms with Gasteiger partial charge in [-0.3, -0.25) is 14.4 Å². The molecule has 0 aliphatic rings. The first-order valence-corrected chi connectivity index (χ1v) is 32.1. The van der Waals surface area contributed by atoms with Crippen LogP contribution in [-0.4, -0.2) is 37.2 Å². The fourth-order valence-electron chi connectivity index (χ4n) is 9.56. The lowest BCUT2D eigenvalue weighted by molar-refractivity contribution is -0.167. The van der Waals surface area contributed by atoms with E-state index in [1.807, 2.05) is 0 Å². The molecule has 0 aromatic heterocycles. The van der Waals surface area contributed by atoms with Crippen LogP contribution in [0.3, 0.4) is 0 Å². The Morgan fingerprint density at radius 1 is 0.288 bits per heavy atom. The smallest absolute Gasteiger partial charge is 0.306 e. The van der Waals surface area contributed by atoms with E-state index in [-0.39, 0.29) is 31.1 Å². The second kappa shape index (κ2) is 61.9. The Labute approximate surface area is 454 Å². The molecule has 0 heterocycles. The standard InChI is InChI=1S/C67H122O6/c1-4-7-10-13-15-17-19-21-23-25-26-27-28-29-30-31-32-33-34-35-36-37-38-39-40-42-43-45-47-49-51-54-57-60-66(69)72-63-64(62-71-65(68)59-56-53-12-9-6-3)73-67(70)61-58-55-52-50-48-46-44-41-24-22-20-18-16-14-11-8-5-2/h8,11,16,18,22,24,44,46,64H,4-7,9-10,12-15,17,19-21,23,25-43,45,47-63H2,1-3H3/b11-8-,18-16-,24-22-,46-44-. The van der Waals surface area contributed by atoms with Crippen LogP contribution in [0.5, 0.6) is 0 Å². The summed E-state index contributed by atoms with van der Waals surface area (Å²) >= 11 is 0. The van der Waals surface area contributed by atoms with Crippen LogP contribution in [0, 0.1) is 0 Å². The summed E-state index contributed by atoms with van der Waals surface area (Å²) in [6.07, 6.45) is 77.7. The maximum absolute atomic E-state index is 12.8. The van der Waals surface area contributed by atoms with Crippen LogP contribution in [0.25, 0.3) is 0 Å². The van der Waals surface area contributed by atoms with Gasteiger partial charge in [0.1, 0.15) is 13.2 Å². The lowest BCUT2D eigenvalue weighted by Crippen LogP contribution is -2.30. The number of unbranched alkanes of at least 4 members (excludes halogenated alkanes) is 40. The SMILES string of the molecule is CC/C=C\C/C=C\C/C=C\C/C=C\CCCCCCC(=O)OC(COC(=O)CCCCCCC)COC(=O)CCCCCCCCCCCCCCCCCCCCCCCCCCCCCCCCCCC. The van der Waals surface area contributed by atoms with Crippen LogP contribution in [0.1, 0.15) is 342 Å². The molecule has 6 nitrogen and oxygen atoms in total. The maximum Gasteiger partial charge on any atom is 0.306 e. The van der Waals surface area contributed by atoms with Crippen molar-refractivity contribution in [2.75, 3.05) is 13.2 Å². The molecule has 0 N–H and O–H groups in total. The van der Waals surface area contributed by atoms with E-state index in [1.54, 1.807) is 0 Å². The Morgan fingerprint density at radius 3 is 0.836 bits per heavy atom. The van der Waals surface area contributed by atoms with E-state index in [2.05, 4.69) is 69.4 Å². The molecular formula is C67H122O6. The van der Waals surface area contributed by atoms with Gasteiger partial charge in [-0.1, -0.05) is 313 Å². The number of hydrogen-bond acceptors (Lipinski definition) is 6. The molecule has 0 amide bonds. The maximum atomic E-state index is 12.8. The second-order valence-corrected chi connectivity index (χ2v) is 21.7. The number of carbonyl (C=O) groups is 3. The van der Waals surface area contributed by atoms with Gasteiger partial charge in [0.25, 0.3) is 0 Å². The molecule has 0 rings (SSSR count).